The van der Waals surface area contributed by atoms with Gasteiger partial charge < -0.3 is 10.3 Å². The van der Waals surface area contributed by atoms with Gasteiger partial charge in [0.2, 0.25) is 0 Å². The Kier molecular flexibility index (Phi) is 3.36. The third-order valence-electron chi connectivity index (χ3n) is 2.49. The van der Waals surface area contributed by atoms with Crippen molar-refractivity contribution in [2.45, 2.75) is 32.9 Å². The molecule has 0 spiro atoms. The molecule has 2 aromatic heterocycles. The smallest absolute Gasteiger partial charge is 0.0948 e. The van der Waals surface area contributed by atoms with Gasteiger partial charge >= 0.3 is 0 Å². The number of aromatic nitrogens is 3. The highest BCUT2D eigenvalue weighted by molar-refractivity contribution is 7.09. The maximum atomic E-state index is 5.86. The minimum Gasteiger partial charge on any atom is -0.333 e. The zero-order valence-corrected chi connectivity index (χ0v) is 10.4. The molecule has 86 valence electrons. The predicted molar refractivity (Wildman–Crippen MR) is 65.4 cm³/mol. The van der Waals surface area contributed by atoms with Gasteiger partial charge in [0.25, 0.3) is 0 Å². The monoisotopic (exact) mass is 236 g/mol. The molecule has 0 unspecified atom stereocenters. The summed E-state index contributed by atoms with van der Waals surface area (Å²) in [6.07, 6.45) is 4.59. The number of hydrogen-bond acceptors (Lipinski definition) is 4. The molecule has 2 heterocycles. The van der Waals surface area contributed by atoms with Gasteiger partial charge in [0.15, 0.2) is 0 Å². The van der Waals surface area contributed by atoms with Crippen molar-refractivity contribution in [1.82, 2.24) is 14.5 Å². The summed E-state index contributed by atoms with van der Waals surface area (Å²) >= 11 is 1.69. The molecular formula is C11H16N4S. The molecule has 4 nitrogen and oxygen atoms in total. The topological polar surface area (TPSA) is 56.7 Å². The molecule has 0 saturated heterocycles. The van der Waals surface area contributed by atoms with E-state index in [1.807, 2.05) is 26.4 Å². The van der Waals surface area contributed by atoms with Gasteiger partial charge in [-0.25, -0.2) is 9.97 Å². The molecule has 0 fully saturated rings. The number of nitrogens with two attached hydrogens (primary N) is 1. The third kappa shape index (κ3) is 2.48. The lowest BCUT2D eigenvalue weighted by Gasteiger charge is -2.09. The zero-order chi connectivity index (χ0) is 11.5. The van der Waals surface area contributed by atoms with E-state index in [9.17, 15) is 0 Å². The van der Waals surface area contributed by atoms with E-state index in [4.69, 9.17) is 5.73 Å². The van der Waals surface area contributed by atoms with E-state index in [-0.39, 0.29) is 6.04 Å². The molecule has 0 bridgehead atoms. The summed E-state index contributed by atoms with van der Waals surface area (Å²) in [5.74, 6) is 0. The van der Waals surface area contributed by atoms with Crippen LogP contribution in [0, 0.1) is 6.92 Å². The van der Waals surface area contributed by atoms with Gasteiger partial charge in [-0.15, -0.1) is 11.3 Å². The summed E-state index contributed by atoms with van der Waals surface area (Å²) in [7, 11) is 0. The zero-order valence-electron chi connectivity index (χ0n) is 9.55. The largest absolute Gasteiger partial charge is 0.333 e. The van der Waals surface area contributed by atoms with Crippen LogP contribution < -0.4 is 5.73 Å². The van der Waals surface area contributed by atoms with Crippen molar-refractivity contribution in [3.63, 3.8) is 0 Å². The first kappa shape index (κ1) is 11.3. The van der Waals surface area contributed by atoms with Crippen LogP contribution in [-0.2, 0) is 13.0 Å². The second-order valence-corrected chi connectivity index (χ2v) is 4.97. The summed E-state index contributed by atoms with van der Waals surface area (Å²) in [5, 5.41) is 3.23. The molecule has 0 aliphatic rings. The highest BCUT2D eigenvalue weighted by Gasteiger charge is 2.07. The Morgan fingerprint density at radius 1 is 1.56 bits per heavy atom. The molecule has 1 atom stereocenters. The number of aryl methyl sites for hydroxylation is 3. The quantitative estimate of drug-likeness (QED) is 0.882. The van der Waals surface area contributed by atoms with Crippen LogP contribution in [0.4, 0.5) is 0 Å². The highest BCUT2D eigenvalue weighted by atomic mass is 32.1. The molecule has 5 heteroatoms. The van der Waals surface area contributed by atoms with Crippen LogP contribution in [0.3, 0.4) is 0 Å². The van der Waals surface area contributed by atoms with Gasteiger partial charge in [-0.1, -0.05) is 0 Å². The number of hydrogen-bond donors (Lipinski definition) is 1. The molecule has 2 N–H and O–H groups in total. The Morgan fingerprint density at radius 2 is 2.38 bits per heavy atom. The fourth-order valence-corrected chi connectivity index (χ4v) is 2.30. The van der Waals surface area contributed by atoms with Gasteiger partial charge in [0.05, 0.1) is 22.7 Å². The maximum Gasteiger partial charge on any atom is 0.0948 e. The Morgan fingerprint density at radius 3 is 3.00 bits per heavy atom. The van der Waals surface area contributed by atoms with E-state index in [0.717, 1.165) is 29.4 Å². The number of imidazole rings is 1. The summed E-state index contributed by atoms with van der Waals surface area (Å²) in [4.78, 5) is 8.56. The summed E-state index contributed by atoms with van der Waals surface area (Å²) in [6, 6.07) is 0.0275. The van der Waals surface area contributed by atoms with Gasteiger partial charge in [0.1, 0.15) is 0 Å². The van der Waals surface area contributed by atoms with Crippen molar-refractivity contribution >= 4 is 11.3 Å². The molecule has 16 heavy (non-hydrogen) atoms. The fourth-order valence-electron chi connectivity index (χ4n) is 1.66. The van der Waals surface area contributed by atoms with Crippen LogP contribution >= 0.6 is 11.3 Å². The van der Waals surface area contributed by atoms with Crippen molar-refractivity contribution in [1.29, 1.82) is 0 Å². The lowest BCUT2D eigenvalue weighted by molar-refractivity contribution is 0.619. The second kappa shape index (κ2) is 4.76. The third-order valence-corrected chi connectivity index (χ3v) is 3.31. The molecule has 0 aliphatic heterocycles. The first-order valence-corrected chi connectivity index (χ1v) is 6.21. The van der Waals surface area contributed by atoms with Crippen molar-refractivity contribution in [2.75, 3.05) is 0 Å². The number of nitrogens with zero attached hydrogens (tertiary/aromatic N) is 3. The standard InChI is InChI=1S/C11H16N4S/c1-8(12)11-5-13-7-15(11)4-3-10-6-16-9(2)14-10/h5-8H,3-4,12H2,1-2H3/t8-/m0/s1. The first-order valence-electron chi connectivity index (χ1n) is 5.33. The van der Waals surface area contributed by atoms with Crippen molar-refractivity contribution in [3.8, 4) is 0 Å². The van der Waals surface area contributed by atoms with Gasteiger partial charge in [-0.05, 0) is 13.8 Å². The molecule has 0 radical (unpaired) electrons. The van der Waals surface area contributed by atoms with Gasteiger partial charge in [0, 0.05) is 30.6 Å². The summed E-state index contributed by atoms with van der Waals surface area (Å²) < 4.78 is 2.10. The minimum atomic E-state index is 0.0275. The Balaban J connectivity index is 2.02. The second-order valence-electron chi connectivity index (χ2n) is 3.91. The summed E-state index contributed by atoms with van der Waals surface area (Å²) in [6.45, 7) is 4.89. The average Bonchev–Trinajstić information content (AvgIpc) is 2.83. The molecular weight excluding hydrogens is 220 g/mol. The molecule has 0 amide bonds. The molecule has 2 rings (SSSR count). The van der Waals surface area contributed by atoms with Crippen molar-refractivity contribution in [3.05, 3.63) is 34.3 Å². The Labute approximate surface area is 99.2 Å². The van der Waals surface area contributed by atoms with E-state index in [1.54, 1.807) is 11.3 Å². The van der Waals surface area contributed by atoms with Crippen LogP contribution in [-0.4, -0.2) is 14.5 Å². The molecule has 0 aromatic carbocycles. The van der Waals surface area contributed by atoms with E-state index in [1.165, 1.54) is 0 Å². The molecule has 0 aliphatic carbocycles. The molecule has 2 aromatic rings. The normalized spacial score (nSPS) is 12.9. The average molecular weight is 236 g/mol. The van der Waals surface area contributed by atoms with Crippen molar-refractivity contribution in [2.24, 2.45) is 5.73 Å². The fraction of sp³-hybridized carbons (Fsp3) is 0.455. The van der Waals surface area contributed by atoms with E-state index in [2.05, 4.69) is 19.9 Å². The number of thiazole rings is 1. The van der Waals surface area contributed by atoms with Crippen LogP contribution in [0.1, 0.15) is 29.4 Å². The summed E-state index contributed by atoms with van der Waals surface area (Å²) in [5.41, 5.74) is 8.08. The Bertz CT molecular complexity index is 458. The SMILES string of the molecule is Cc1nc(CCn2cncc2[C@H](C)N)cs1. The van der Waals surface area contributed by atoms with Crippen LogP contribution in [0.2, 0.25) is 0 Å². The van der Waals surface area contributed by atoms with Crippen LogP contribution in [0.5, 0.6) is 0 Å². The Hall–Kier alpha value is -1.20. The number of rotatable bonds is 4. The highest BCUT2D eigenvalue weighted by Crippen LogP contribution is 2.12. The van der Waals surface area contributed by atoms with E-state index in [0.29, 0.717) is 0 Å². The lowest BCUT2D eigenvalue weighted by Crippen LogP contribution is -2.12. The van der Waals surface area contributed by atoms with Crippen molar-refractivity contribution < 1.29 is 0 Å². The maximum absolute atomic E-state index is 5.86. The predicted octanol–water partition coefficient (Wildman–Crippen LogP) is 1.91. The lowest BCUT2D eigenvalue weighted by atomic mass is 10.2. The minimum absolute atomic E-state index is 0.0275. The van der Waals surface area contributed by atoms with E-state index >= 15 is 0 Å². The van der Waals surface area contributed by atoms with Gasteiger partial charge in [-0.2, -0.15) is 0 Å². The van der Waals surface area contributed by atoms with Crippen LogP contribution in [0.15, 0.2) is 17.9 Å². The van der Waals surface area contributed by atoms with Crippen LogP contribution in [0.25, 0.3) is 0 Å². The molecule has 0 saturated carbocycles. The first-order chi connectivity index (χ1) is 7.66. The van der Waals surface area contributed by atoms with Gasteiger partial charge in [-0.3, -0.25) is 0 Å². The van der Waals surface area contributed by atoms with E-state index < -0.39 is 0 Å².